The topological polar surface area (TPSA) is 38.9 Å². The molecule has 0 fully saturated rings. The summed E-state index contributed by atoms with van der Waals surface area (Å²) in [4.78, 5) is 4.12. The molecule has 0 aliphatic carbocycles. The second kappa shape index (κ2) is 4.21. The van der Waals surface area contributed by atoms with Crippen molar-refractivity contribution in [2.75, 3.05) is 0 Å². The average Bonchev–Trinajstić information content (AvgIpc) is 2.01. The molecule has 0 aliphatic rings. The fourth-order valence-electron chi connectivity index (χ4n) is 1.15. The maximum absolute atomic E-state index is 5.66. The molecule has 0 radical (unpaired) electrons. The molecule has 2 N–H and O–H groups in total. The van der Waals surface area contributed by atoms with Crippen LogP contribution in [0.25, 0.3) is 0 Å². The van der Waals surface area contributed by atoms with Gasteiger partial charge in [0.2, 0.25) is 0 Å². The van der Waals surface area contributed by atoms with Crippen LogP contribution in [0.15, 0.2) is 18.5 Å². The maximum atomic E-state index is 5.66. The summed E-state index contributed by atoms with van der Waals surface area (Å²) >= 11 is 0. The Balaban J connectivity index is 2.52. The van der Waals surface area contributed by atoms with E-state index < -0.39 is 0 Å². The zero-order valence-electron chi connectivity index (χ0n) is 7.75. The molecule has 0 amide bonds. The van der Waals surface area contributed by atoms with Crippen LogP contribution >= 0.6 is 0 Å². The molecule has 1 heterocycles. The molecule has 0 saturated heterocycles. The largest absolute Gasteiger partial charge is 0.328 e. The van der Waals surface area contributed by atoms with E-state index in [4.69, 9.17) is 5.73 Å². The first kappa shape index (κ1) is 9.20. The Bertz CT molecular complexity index is 243. The Labute approximate surface area is 73.8 Å². The Morgan fingerprint density at radius 3 is 2.83 bits per heavy atom. The van der Waals surface area contributed by atoms with Crippen LogP contribution in [0.3, 0.4) is 0 Å². The third-order valence-corrected chi connectivity index (χ3v) is 1.82. The zero-order chi connectivity index (χ0) is 8.97. The van der Waals surface area contributed by atoms with Crippen molar-refractivity contribution in [3.05, 3.63) is 29.6 Å². The highest BCUT2D eigenvalue weighted by Gasteiger charge is 1.97. The first-order chi connectivity index (χ1) is 5.68. The molecule has 0 spiro atoms. The summed E-state index contributed by atoms with van der Waals surface area (Å²) in [5, 5.41) is 0. The molecule has 1 atom stereocenters. The van der Waals surface area contributed by atoms with E-state index in [-0.39, 0.29) is 6.04 Å². The van der Waals surface area contributed by atoms with Gasteiger partial charge in [-0.2, -0.15) is 0 Å². The van der Waals surface area contributed by atoms with E-state index in [1.807, 2.05) is 19.3 Å². The van der Waals surface area contributed by atoms with Gasteiger partial charge in [-0.05, 0) is 37.8 Å². The summed E-state index contributed by atoms with van der Waals surface area (Å²) in [5.41, 5.74) is 8.16. The molecular weight excluding hydrogens is 148 g/mol. The lowest BCUT2D eigenvalue weighted by atomic mass is 10.1. The second-order valence-electron chi connectivity index (χ2n) is 3.39. The van der Waals surface area contributed by atoms with E-state index in [2.05, 4.69) is 18.0 Å². The van der Waals surface area contributed by atoms with Crippen LogP contribution < -0.4 is 5.73 Å². The third kappa shape index (κ3) is 3.01. The molecule has 1 aromatic rings. The highest BCUT2D eigenvalue weighted by Crippen LogP contribution is 2.04. The molecule has 1 aromatic heterocycles. The summed E-state index contributed by atoms with van der Waals surface area (Å²) in [6.07, 6.45) is 5.85. The summed E-state index contributed by atoms with van der Waals surface area (Å²) in [6, 6.07) is 2.44. The monoisotopic (exact) mass is 164 g/mol. The normalized spacial score (nSPS) is 12.9. The molecule has 0 aliphatic heterocycles. The first-order valence-electron chi connectivity index (χ1n) is 4.34. The number of nitrogens with two attached hydrogens (primary N) is 1. The molecular formula is C10H16N2. The summed E-state index contributed by atoms with van der Waals surface area (Å²) in [7, 11) is 0. The van der Waals surface area contributed by atoms with Crippen molar-refractivity contribution in [1.29, 1.82) is 0 Å². The molecule has 2 nitrogen and oxygen atoms in total. The van der Waals surface area contributed by atoms with Crippen molar-refractivity contribution in [2.24, 2.45) is 5.73 Å². The minimum atomic E-state index is 0.283. The predicted octanol–water partition coefficient (Wildman–Crippen LogP) is 1.67. The Hall–Kier alpha value is -0.890. The van der Waals surface area contributed by atoms with Gasteiger partial charge in [-0.3, -0.25) is 4.98 Å². The lowest BCUT2D eigenvalue weighted by Gasteiger charge is -2.04. The van der Waals surface area contributed by atoms with Gasteiger partial charge in [0.15, 0.2) is 0 Å². The highest BCUT2D eigenvalue weighted by atomic mass is 14.6. The maximum Gasteiger partial charge on any atom is 0.0300 e. The van der Waals surface area contributed by atoms with Gasteiger partial charge >= 0.3 is 0 Å². The summed E-state index contributed by atoms with van der Waals surface area (Å²) < 4.78 is 0. The van der Waals surface area contributed by atoms with Crippen LogP contribution in [0.5, 0.6) is 0 Å². The fourth-order valence-corrected chi connectivity index (χ4v) is 1.15. The van der Waals surface area contributed by atoms with E-state index in [0.29, 0.717) is 0 Å². The number of pyridine rings is 1. The van der Waals surface area contributed by atoms with Gasteiger partial charge in [0.1, 0.15) is 0 Å². The Morgan fingerprint density at radius 2 is 2.25 bits per heavy atom. The van der Waals surface area contributed by atoms with E-state index >= 15 is 0 Å². The number of rotatable bonds is 3. The number of aromatic nitrogens is 1. The fraction of sp³-hybridized carbons (Fsp3) is 0.500. The summed E-state index contributed by atoms with van der Waals surface area (Å²) in [6.45, 7) is 4.09. The van der Waals surface area contributed by atoms with E-state index in [0.717, 1.165) is 12.8 Å². The molecule has 66 valence electrons. The lowest BCUT2D eigenvalue weighted by molar-refractivity contribution is 0.665. The first-order valence-corrected chi connectivity index (χ1v) is 4.34. The van der Waals surface area contributed by atoms with Gasteiger partial charge < -0.3 is 5.73 Å². The van der Waals surface area contributed by atoms with Gasteiger partial charge in [0.25, 0.3) is 0 Å². The van der Waals surface area contributed by atoms with Crippen LogP contribution in [-0.4, -0.2) is 11.0 Å². The van der Waals surface area contributed by atoms with Gasteiger partial charge in [-0.1, -0.05) is 6.07 Å². The minimum Gasteiger partial charge on any atom is -0.328 e. The number of hydrogen-bond donors (Lipinski definition) is 1. The van der Waals surface area contributed by atoms with Crippen molar-refractivity contribution in [1.82, 2.24) is 4.98 Å². The smallest absolute Gasteiger partial charge is 0.0300 e. The highest BCUT2D eigenvalue weighted by molar-refractivity contribution is 5.16. The van der Waals surface area contributed by atoms with Crippen molar-refractivity contribution < 1.29 is 0 Å². The Kier molecular flexibility index (Phi) is 3.23. The van der Waals surface area contributed by atoms with E-state index in [9.17, 15) is 0 Å². The SMILES string of the molecule is Cc1cncc(CC[C@H](C)N)c1. The molecule has 2 heteroatoms. The molecule has 0 aromatic carbocycles. The van der Waals surface area contributed by atoms with Gasteiger partial charge in [0.05, 0.1) is 0 Å². The second-order valence-corrected chi connectivity index (χ2v) is 3.39. The van der Waals surface area contributed by atoms with Crippen LogP contribution in [-0.2, 0) is 6.42 Å². The average molecular weight is 164 g/mol. The molecule has 0 saturated carbocycles. The summed E-state index contributed by atoms with van der Waals surface area (Å²) in [5.74, 6) is 0. The molecule has 12 heavy (non-hydrogen) atoms. The van der Waals surface area contributed by atoms with Gasteiger partial charge in [0, 0.05) is 18.4 Å². The van der Waals surface area contributed by atoms with Crippen LogP contribution in [0.4, 0.5) is 0 Å². The molecule has 1 rings (SSSR count). The number of nitrogens with zero attached hydrogens (tertiary/aromatic N) is 1. The van der Waals surface area contributed by atoms with Crippen molar-refractivity contribution in [2.45, 2.75) is 32.7 Å². The lowest BCUT2D eigenvalue weighted by Crippen LogP contribution is -2.15. The number of hydrogen-bond acceptors (Lipinski definition) is 2. The quantitative estimate of drug-likeness (QED) is 0.738. The van der Waals surface area contributed by atoms with Crippen molar-refractivity contribution in [3.8, 4) is 0 Å². The Morgan fingerprint density at radius 1 is 1.50 bits per heavy atom. The molecule has 0 unspecified atom stereocenters. The van der Waals surface area contributed by atoms with Crippen LogP contribution in [0.1, 0.15) is 24.5 Å². The van der Waals surface area contributed by atoms with Crippen LogP contribution in [0, 0.1) is 6.92 Å². The zero-order valence-corrected chi connectivity index (χ0v) is 7.75. The van der Waals surface area contributed by atoms with E-state index in [1.165, 1.54) is 11.1 Å². The standard InChI is InChI=1S/C10H16N2/c1-8-5-10(7-12-6-8)4-3-9(2)11/h5-7,9H,3-4,11H2,1-2H3/t9-/m0/s1. The van der Waals surface area contributed by atoms with Crippen molar-refractivity contribution >= 4 is 0 Å². The van der Waals surface area contributed by atoms with Crippen molar-refractivity contribution in [3.63, 3.8) is 0 Å². The van der Waals surface area contributed by atoms with Gasteiger partial charge in [-0.15, -0.1) is 0 Å². The molecule has 0 bridgehead atoms. The third-order valence-electron chi connectivity index (χ3n) is 1.82. The minimum absolute atomic E-state index is 0.283. The van der Waals surface area contributed by atoms with Crippen LogP contribution in [0.2, 0.25) is 0 Å². The van der Waals surface area contributed by atoms with E-state index in [1.54, 1.807) is 0 Å². The van der Waals surface area contributed by atoms with Gasteiger partial charge in [-0.25, -0.2) is 0 Å². The predicted molar refractivity (Wildman–Crippen MR) is 50.9 cm³/mol. The number of aryl methyl sites for hydroxylation is 2.